The quantitative estimate of drug-likeness (QED) is 0.941. The maximum atomic E-state index is 12.5. The second-order valence-corrected chi connectivity index (χ2v) is 6.73. The van der Waals surface area contributed by atoms with E-state index in [1.54, 1.807) is 10.7 Å². The maximum absolute atomic E-state index is 12.5. The lowest BCUT2D eigenvalue weighted by Crippen LogP contribution is -2.35. The first-order valence-electron chi connectivity index (χ1n) is 7.74. The summed E-state index contributed by atoms with van der Waals surface area (Å²) in [5, 5.41) is 7.32. The Bertz CT molecular complexity index is 697. The normalized spacial score (nSPS) is 27.4. The fourth-order valence-electron chi connectivity index (χ4n) is 4.04. The molecule has 2 aromatic rings. The third-order valence-corrected chi connectivity index (χ3v) is 5.26. The molecule has 1 amide bonds. The van der Waals surface area contributed by atoms with E-state index in [1.165, 1.54) is 32.1 Å². The van der Waals surface area contributed by atoms with E-state index >= 15 is 0 Å². The Hall–Kier alpha value is -1.91. The van der Waals surface area contributed by atoms with Gasteiger partial charge in [-0.15, -0.1) is 0 Å². The van der Waals surface area contributed by atoms with Gasteiger partial charge < -0.3 is 5.32 Å². The van der Waals surface area contributed by atoms with Crippen molar-refractivity contribution in [2.75, 3.05) is 6.54 Å². The Labute approximate surface area is 123 Å². The summed E-state index contributed by atoms with van der Waals surface area (Å²) in [7, 11) is 0. The van der Waals surface area contributed by atoms with Gasteiger partial charge in [-0.05, 0) is 56.4 Å². The van der Waals surface area contributed by atoms with Crippen LogP contribution < -0.4 is 5.32 Å². The molecule has 0 radical (unpaired) electrons. The largest absolute Gasteiger partial charge is 0.351 e. The van der Waals surface area contributed by atoms with Crippen molar-refractivity contribution in [2.45, 2.75) is 39.0 Å². The second kappa shape index (κ2) is 4.55. The molecule has 2 fully saturated rings. The average Bonchev–Trinajstić information content (AvgIpc) is 3.18. The second-order valence-electron chi connectivity index (χ2n) is 6.73. The van der Waals surface area contributed by atoms with Crippen LogP contribution in [0.15, 0.2) is 18.5 Å². The van der Waals surface area contributed by atoms with Crippen molar-refractivity contribution in [1.82, 2.24) is 19.9 Å². The van der Waals surface area contributed by atoms with Crippen LogP contribution >= 0.6 is 0 Å². The number of carbonyl (C=O) groups is 1. The standard InChI is InChI=1S/C16H20N4O/c1-11-4-7-20-14(19-11)13(9-18-20)15(21)17-10-16-5-2-12(8-16)3-6-16/h4,7,9,12H,2-3,5-6,8,10H2,1H3,(H,17,21). The van der Waals surface area contributed by atoms with E-state index < -0.39 is 0 Å². The van der Waals surface area contributed by atoms with Crippen LogP contribution in [0.3, 0.4) is 0 Å². The molecule has 1 N–H and O–H groups in total. The summed E-state index contributed by atoms with van der Waals surface area (Å²) < 4.78 is 1.65. The Balaban J connectivity index is 1.52. The highest BCUT2D eigenvalue weighted by molar-refractivity contribution is 5.99. The Morgan fingerprint density at radius 3 is 3.00 bits per heavy atom. The monoisotopic (exact) mass is 284 g/mol. The molecule has 2 bridgehead atoms. The molecule has 0 aromatic carbocycles. The van der Waals surface area contributed by atoms with E-state index in [0.29, 0.717) is 16.6 Å². The van der Waals surface area contributed by atoms with Gasteiger partial charge in [0.15, 0.2) is 5.65 Å². The molecule has 0 atom stereocenters. The van der Waals surface area contributed by atoms with Crippen molar-refractivity contribution in [3.05, 3.63) is 29.7 Å². The number of fused-ring (bicyclic) bond motifs is 3. The number of hydrogen-bond donors (Lipinski definition) is 1. The van der Waals surface area contributed by atoms with Gasteiger partial charge in [0.25, 0.3) is 5.91 Å². The van der Waals surface area contributed by atoms with Gasteiger partial charge in [-0.25, -0.2) is 9.50 Å². The van der Waals surface area contributed by atoms with Crippen molar-refractivity contribution in [3.8, 4) is 0 Å². The zero-order valence-electron chi connectivity index (χ0n) is 12.3. The highest BCUT2D eigenvalue weighted by Gasteiger charge is 2.44. The SMILES string of the molecule is Cc1ccn2ncc(C(=O)NCC34CCC(CC3)C4)c2n1. The molecule has 0 aliphatic heterocycles. The van der Waals surface area contributed by atoms with Crippen molar-refractivity contribution < 1.29 is 4.79 Å². The number of aromatic nitrogens is 3. The summed E-state index contributed by atoms with van der Waals surface area (Å²) in [6.45, 7) is 2.72. The van der Waals surface area contributed by atoms with Crippen LogP contribution in [0.4, 0.5) is 0 Å². The van der Waals surface area contributed by atoms with E-state index in [2.05, 4.69) is 15.4 Å². The van der Waals surface area contributed by atoms with Gasteiger partial charge in [0.2, 0.25) is 0 Å². The zero-order valence-corrected chi connectivity index (χ0v) is 12.3. The smallest absolute Gasteiger partial charge is 0.256 e. The molecule has 0 spiro atoms. The molecule has 110 valence electrons. The summed E-state index contributed by atoms with van der Waals surface area (Å²) in [6, 6.07) is 1.89. The first-order chi connectivity index (χ1) is 10.2. The van der Waals surface area contributed by atoms with E-state index in [-0.39, 0.29) is 5.91 Å². The lowest BCUT2D eigenvalue weighted by molar-refractivity contribution is 0.0932. The third-order valence-electron chi connectivity index (χ3n) is 5.26. The number of aryl methyl sites for hydroxylation is 1. The lowest BCUT2D eigenvalue weighted by Gasteiger charge is -2.26. The number of amides is 1. The van der Waals surface area contributed by atoms with Gasteiger partial charge in [0.1, 0.15) is 5.56 Å². The Kier molecular flexibility index (Phi) is 2.77. The Morgan fingerprint density at radius 1 is 1.48 bits per heavy atom. The minimum atomic E-state index is -0.0483. The van der Waals surface area contributed by atoms with Crippen molar-refractivity contribution >= 4 is 11.6 Å². The number of nitrogens with one attached hydrogen (secondary N) is 1. The highest BCUT2D eigenvalue weighted by atomic mass is 16.1. The summed E-state index contributed by atoms with van der Waals surface area (Å²) in [5.41, 5.74) is 2.47. The predicted octanol–water partition coefficient (Wildman–Crippen LogP) is 2.35. The summed E-state index contributed by atoms with van der Waals surface area (Å²) >= 11 is 0. The number of hydrogen-bond acceptors (Lipinski definition) is 3. The molecule has 2 aliphatic carbocycles. The average molecular weight is 284 g/mol. The van der Waals surface area contributed by atoms with Gasteiger partial charge in [-0.1, -0.05) is 0 Å². The van der Waals surface area contributed by atoms with Crippen molar-refractivity contribution in [2.24, 2.45) is 11.3 Å². The fraction of sp³-hybridized carbons (Fsp3) is 0.562. The van der Waals surface area contributed by atoms with Crippen molar-refractivity contribution in [3.63, 3.8) is 0 Å². The number of nitrogens with zero attached hydrogens (tertiary/aromatic N) is 3. The van der Waals surface area contributed by atoms with Gasteiger partial charge in [-0.3, -0.25) is 4.79 Å². The molecule has 21 heavy (non-hydrogen) atoms. The van der Waals surface area contributed by atoms with Crippen molar-refractivity contribution in [1.29, 1.82) is 0 Å². The van der Waals surface area contributed by atoms with Crippen LogP contribution in [0.25, 0.3) is 5.65 Å². The van der Waals surface area contributed by atoms with Gasteiger partial charge >= 0.3 is 0 Å². The zero-order chi connectivity index (χ0) is 14.4. The summed E-state index contributed by atoms with van der Waals surface area (Å²) in [4.78, 5) is 16.9. The maximum Gasteiger partial charge on any atom is 0.256 e. The number of rotatable bonds is 3. The van der Waals surface area contributed by atoms with Gasteiger partial charge in [-0.2, -0.15) is 5.10 Å². The van der Waals surface area contributed by atoms with Crippen LogP contribution in [0.2, 0.25) is 0 Å². The highest BCUT2D eigenvalue weighted by Crippen LogP contribution is 2.53. The first kappa shape index (κ1) is 12.8. The topological polar surface area (TPSA) is 59.3 Å². The van der Waals surface area contributed by atoms with Gasteiger partial charge in [0, 0.05) is 18.4 Å². The molecular weight excluding hydrogens is 264 g/mol. The molecule has 0 unspecified atom stereocenters. The molecule has 0 saturated heterocycles. The third kappa shape index (κ3) is 2.11. The molecule has 5 nitrogen and oxygen atoms in total. The van der Waals surface area contributed by atoms with E-state index in [4.69, 9.17) is 0 Å². The van der Waals surface area contributed by atoms with Crippen LogP contribution in [0.1, 0.15) is 48.2 Å². The van der Waals surface area contributed by atoms with Crippen LogP contribution in [0.5, 0.6) is 0 Å². The molecule has 5 heteroatoms. The van der Waals surface area contributed by atoms with Gasteiger partial charge in [0.05, 0.1) is 6.20 Å². The molecule has 2 aliphatic rings. The predicted molar refractivity (Wildman–Crippen MR) is 79.1 cm³/mol. The van der Waals surface area contributed by atoms with E-state index in [9.17, 15) is 4.79 Å². The first-order valence-corrected chi connectivity index (χ1v) is 7.74. The summed E-state index contributed by atoms with van der Waals surface area (Å²) in [5.74, 6) is 0.857. The number of carbonyl (C=O) groups excluding carboxylic acids is 1. The van der Waals surface area contributed by atoms with Crippen LogP contribution in [-0.4, -0.2) is 27.0 Å². The summed E-state index contributed by atoms with van der Waals surface area (Å²) in [6.07, 6.45) is 9.96. The minimum Gasteiger partial charge on any atom is -0.351 e. The van der Waals surface area contributed by atoms with E-state index in [1.807, 2.05) is 19.2 Å². The van der Waals surface area contributed by atoms with E-state index in [0.717, 1.165) is 18.2 Å². The molecule has 2 heterocycles. The molecule has 2 saturated carbocycles. The van der Waals surface area contributed by atoms with Crippen LogP contribution in [-0.2, 0) is 0 Å². The molecule has 2 aromatic heterocycles. The molecule has 4 rings (SSSR count). The minimum absolute atomic E-state index is 0.0483. The Morgan fingerprint density at radius 2 is 2.29 bits per heavy atom. The fourth-order valence-corrected chi connectivity index (χ4v) is 4.04. The van der Waals surface area contributed by atoms with Crippen LogP contribution in [0, 0.1) is 18.3 Å². The molecular formula is C16H20N4O. The lowest BCUT2D eigenvalue weighted by atomic mass is 9.84.